The third kappa shape index (κ3) is 2.79. The van der Waals surface area contributed by atoms with Gasteiger partial charge in [-0.1, -0.05) is 18.2 Å². The number of para-hydroxylation sites is 1. The number of carbonyl (C=O) groups is 2. The van der Waals surface area contributed by atoms with E-state index >= 15 is 0 Å². The number of ketones is 2. The minimum atomic E-state index is -0.238. The molecular weight excluding hydrogens is 204 g/mol. The highest BCUT2D eigenvalue weighted by Gasteiger charge is 2.10. The first kappa shape index (κ1) is 12.2. The first-order valence-corrected chi connectivity index (χ1v) is 4.93. The SMILES string of the molecule is COc1ccccc1C=C(C(C)=O)C(C)=O. The molecule has 0 aliphatic rings. The third-order valence-corrected chi connectivity index (χ3v) is 2.20. The lowest BCUT2D eigenvalue weighted by Gasteiger charge is -2.05. The van der Waals surface area contributed by atoms with E-state index in [1.807, 2.05) is 12.1 Å². The van der Waals surface area contributed by atoms with Crippen LogP contribution in [0.25, 0.3) is 6.08 Å². The second kappa shape index (κ2) is 5.26. The zero-order chi connectivity index (χ0) is 12.1. The van der Waals surface area contributed by atoms with Crippen molar-refractivity contribution in [2.75, 3.05) is 7.11 Å². The topological polar surface area (TPSA) is 43.4 Å². The molecule has 16 heavy (non-hydrogen) atoms. The summed E-state index contributed by atoms with van der Waals surface area (Å²) in [7, 11) is 1.55. The van der Waals surface area contributed by atoms with Gasteiger partial charge in [0.1, 0.15) is 5.75 Å². The van der Waals surface area contributed by atoms with E-state index in [4.69, 9.17) is 4.74 Å². The fourth-order valence-corrected chi connectivity index (χ4v) is 1.39. The Hall–Kier alpha value is -1.90. The zero-order valence-electron chi connectivity index (χ0n) is 9.61. The largest absolute Gasteiger partial charge is 0.496 e. The molecule has 3 nitrogen and oxygen atoms in total. The van der Waals surface area contributed by atoms with Crippen molar-refractivity contribution in [2.24, 2.45) is 0 Å². The van der Waals surface area contributed by atoms with Crippen LogP contribution in [-0.2, 0) is 9.59 Å². The molecule has 0 atom stereocenters. The van der Waals surface area contributed by atoms with Crippen LogP contribution in [0.5, 0.6) is 5.75 Å². The predicted molar refractivity (Wildman–Crippen MR) is 62.3 cm³/mol. The molecular formula is C13H14O3. The lowest BCUT2D eigenvalue weighted by Crippen LogP contribution is -2.05. The highest BCUT2D eigenvalue weighted by atomic mass is 16.5. The highest BCUT2D eigenvalue weighted by molar-refractivity contribution is 6.21. The van der Waals surface area contributed by atoms with Gasteiger partial charge in [0.2, 0.25) is 0 Å². The molecule has 0 radical (unpaired) electrons. The Morgan fingerprint density at radius 2 is 1.69 bits per heavy atom. The van der Waals surface area contributed by atoms with E-state index in [2.05, 4.69) is 0 Å². The van der Waals surface area contributed by atoms with E-state index in [0.717, 1.165) is 5.56 Å². The van der Waals surface area contributed by atoms with Crippen molar-refractivity contribution in [3.63, 3.8) is 0 Å². The number of methoxy groups -OCH3 is 1. The maximum Gasteiger partial charge on any atom is 0.163 e. The molecule has 0 bridgehead atoms. The summed E-state index contributed by atoms with van der Waals surface area (Å²) in [5, 5.41) is 0. The van der Waals surface area contributed by atoms with Crippen LogP contribution in [0.3, 0.4) is 0 Å². The Morgan fingerprint density at radius 1 is 1.12 bits per heavy atom. The molecule has 0 aliphatic heterocycles. The molecule has 0 saturated carbocycles. The normalized spacial score (nSPS) is 9.44. The second-order valence-electron chi connectivity index (χ2n) is 3.41. The van der Waals surface area contributed by atoms with Crippen LogP contribution in [0.1, 0.15) is 19.4 Å². The fraction of sp³-hybridized carbons (Fsp3) is 0.231. The maximum atomic E-state index is 11.3. The maximum absolute atomic E-state index is 11.3. The van der Waals surface area contributed by atoms with Crippen LogP contribution < -0.4 is 4.74 Å². The van der Waals surface area contributed by atoms with Gasteiger partial charge in [0.05, 0.1) is 12.7 Å². The highest BCUT2D eigenvalue weighted by Crippen LogP contribution is 2.20. The summed E-state index contributed by atoms with van der Waals surface area (Å²) in [5.41, 5.74) is 0.912. The molecule has 0 N–H and O–H groups in total. The number of hydrogen-bond donors (Lipinski definition) is 0. The molecule has 1 rings (SSSR count). The van der Waals surface area contributed by atoms with Gasteiger partial charge in [-0.05, 0) is 26.0 Å². The van der Waals surface area contributed by atoms with Gasteiger partial charge in [-0.2, -0.15) is 0 Å². The Morgan fingerprint density at radius 3 is 2.19 bits per heavy atom. The van der Waals surface area contributed by atoms with Crippen LogP contribution in [0.2, 0.25) is 0 Å². The van der Waals surface area contributed by atoms with E-state index in [9.17, 15) is 9.59 Å². The molecule has 1 aromatic carbocycles. The van der Waals surface area contributed by atoms with Crippen molar-refractivity contribution in [3.05, 3.63) is 35.4 Å². The summed E-state index contributed by atoms with van der Waals surface area (Å²) in [6.07, 6.45) is 1.56. The van der Waals surface area contributed by atoms with Crippen molar-refractivity contribution in [2.45, 2.75) is 13.8 Å². The zero-order valence-corrected chi connectivity index (χ0v) is 9.61. The van der Waals surface area contributed by atoms with Crippen molar-refractivity contribution >= 4 is 17.6 Å². The smallest absolute Gasteiger partial charge is 0.163 e. The lowest BCUT2D eigenvalue weighted by molar-refractivity contribution is -0.119. The molecule has 0 amide bonds. The monoisotopic (exact) mass is 218 g/mol. The van der Waals surface area contributed by atoms with Gasteiger partial charge in [0.25, 0.3) is 0 Å². The van der Waals surface area contributed by atoms with E-state index in [-0.39, 0.29) is 17.1 Å². The molecule has 84 valence electrons. The summed E-state index contributed by atoms with van der Waals surface area (Å²) in [5.74, 6) is 0.166. The van der Waals surface area contributed by atoms with Crippen molar-refractivity contribution < 1.29 is 14.3 Å². The van der Waals surface area contributed by atoms with E-state index in [1.54, 1.807) is 25.3 Å². The van der Waals surface area contributed by atoms with Crippen LogP contribution in [0, 0.1) is 0 Å². The molecule has 1 aromatic rings. The Labute approximate surface area is 94.7 Å². The van der Waals surface area contributed by atoms with Gasteiger partial charge in [0.15, 0.2) is 11.6 Å². The van der Waals surface area contributed by atoms with E-state index < -0.39 is 0 Å². The van der Waals surface area contributed by atoms with Crippen molar-refractivity contribution in [1.29, 1.82) is 0 Å². The summed E-state index contributed by atoms with van der Waals surface area (Å²) in [4.78, 5) is 22.5. The molecule has 0 aliphatic carbocycles. The van der Waals surface area contributed by atoms with Gasteiger partial charge in [-0.15, -0.1) is 0 Å². The number of allylic oxidation sites excluding steroid dienone is 1. The number of hydrogen-bond acceptors (Lipinski definition) is 3. The minimum absolute atomic E-state index is 0.185. The molecule has 0 aromatic heterocycles. The average Bonchev–Trinajstić information content (AvgIpc) is 2.25. The molecule has 0 spiro atoms. The number of ether oxygens (including phenoxy) is 1. The Bertz CT molecular complexity index is 428. The molecule has 0 saturated heterocycles. The quantitative estimate of drug-likeness (QED) is 0.442. The summed E-state index contributed by atoms with van der Waals surface area (Å²) in [6, 6.07) is 7.23. The molecule has 0 fully saturated rings. The van der Waals surface area contributed by atoms with Crippen molar-refractivity contribution in [1.82, 2.24) is 0 Å². The van der Waals surface area contributed by atoms with Crippen LogP contribution in [0.15, 0.2) is 29.8 Å². The van der Waals surface area contributed by atoms with Crippen molar-refractivity contribution in [3.8, 4) is 5.75 Å². The number of carbonyl (C=O) groups excluding carboxylic acids is 2. The van der Waals surface area contributed by atoms with E-state index in [1.165, 1.54) is 13.8 Å². The number of rotatable bonds is 4. The first-order valence-electron chi connectivity index (χ1n) is 4.93. The van der Waals surface area contributed by atoms with Crippen LogP contribution >= 0.6 is 0 Å². The van der Waals surface area contributed by atoms with Gasteiger partial charge >= 0.3 is 0 Å². The lowest BCUT2D eigenvalue weighted by atomic mass is 10.0. The van der Waals surface area contributed by atoms with Gasteiger partial charge in [-0.25, -0.2) is 0 Å². The summed E-state index contributed by atoms with van der Waals surface area (Å²) >= 11 is 0. The third-order valence-electron chi connectivity index (χ3n) is 2.20. The molecule has 0 unspecified atom stereocenters. The van der Waals surface area contributed by atoms with Gasteiger partial charge in [0, 0.05) is 5.56 Å². The van der Waals surface area contributed by atoms with Gasteiger partial charge in [-0.3, -0.25) is 9.59 Å². The van der Waals surface area contributed by atoms with E-state index in [0.29, 0.717) is 5.75 Å². The molecule has 3 heteroatoms. The summed E-state index contributed by atoms with van der Waals surface area (Å²) < 4.78 is 5.14. The van der Waals surface area contributed by atoms with Crippen LogP contribution in [-0.4, -0.2) is 18.7 Å². The predicted octanol–water partition coefficient (Wildman–Crippen LogP) is 2.26. The first-order chi connectivity index (χ1) is 7.56. The van der Waals surface area contributed by atoms with Crippen LogP contribution in [0.4, 0.5) is 0 Å². The second-order valence-corrected chi connectivity index (χ2v) is 3.41. The number of Topliss-reactive ketones (excluding diaryl/α,β-unsaturated/α-hetero) is 2. The summed E-state index contributed by atoms with van der Waals surface area (Å²) in [6.45, 7) is 2.76. The molecule has 0 heterocycles. The standard InChI is InChI=1S/C13H14O3/c1-9(14)12(10(2)15)8-11-6-4-5-7-13(11)16-3/h4-8H,1-3H3. The Balaban J connectivity index is 3.23. The number of benzene rings is 1. The fourth-order valence-electron chi connectivity index (χ4n) is 1.39. The van der Waals surface area contributed by atoms with Gasteiger partial charge < -0.3 is 4.74 Å². The minimum Gasteiger partial charge on any atom is -0.496 e. The average molecular weight is 218 g/mol. The Kier molecular flexibility index (Phi) is 4.00.